The third-order valence-electron chi connectivity index (χ3n) is 2.50. The number of methoxy groups -OCH3 is 1. The summed E-state index contributed by atoms with van der Waals surface area (Å²) in [4.78, 5) is 25.1. The van der Waals surface area contributed by atoms with E-state index < -0.39 is 5.97 Å². The van der Waals surface area contributed by atoms with Gasteiger partial charge in [-0.1, -0.05) is 6.07 Å². The van der Waals surface area contributed by atoms with E-state index in [4.69, 9.17) is 0 Å². The molecule has 1 amide bonds. The lowest BCUT2D eigenvalue weighted by molar-refractivity contribution is -0.134. The van der Waals surface area contributed by atoms with Crippen LogP contribution in [0.15, 0.2) is 29.2 Å². The summed E-state index contributed by atoms with van der Waals surface area (Å²) in [5.74, 6) is -0.500. The average Bonchev–Trinajstić information content (AvgIpc) is 2.38. The summed E-state index contributed by atoms with van der Waals surface area (Å²) in [6, 6.07) is 4.87. The monoisotopic (exact) mass is 295 g/mol. The first-order valence-corrected chi connectivity index (χ1v) is 6.66. The van der Waals surface area contributed by atoms with Gasteiger partial charge in [0.25, 0.3) is 5.24 Å². The molecule has 1 N–H and O–H groups in total. The number of phenolic OH excluding ortho intramolecular Hbond substituents is 1. The van der Waals surface area contributed by atoms with E-state index in [9.17, 15) is 14.7 Å². The number of allylic oxidation sites excluding steroid dienone is 1. The zero-order valence-electron chi connectivity index (χ0n) is 11.8. The van der Waals surface area contributed by atoms with Crippen molar-refractivity contribution in [1.82, 2.24) is 4.90 Å². The lowest BCUT2D eigenvalue weighted by Gasteiger charge is -2.13. The first-order chi connectivity index (χ1) is 9.36. The molecule has 0 bridgehead atoms. The second kappa shape index (κ2) is 7.00. The molecule has 20 heavy (non-hydrogen) atoms. The highest BCUT2D eigenvalue weighted by atomic mass is 32.2. The van der Waals surface area contributed by atoms with E-state index in [1.807, 2.05) is 0 Å². The fourth-order valence-corrected chi connectivity index (χ4v) is 2.38. The van der Waals surface area contributed by atoms with Gasteiger partial charge >= 0.3 is 5.97 Å². The maximum Gasteiger partial charge on any atom is 0.330 e. The lowest BCUT2D eigenvalue weighted by Crippen LogP contribution is -2.16. The molecule has 1 aromatic rings. The lowest BCUT2D eigenvalue weighted by atomic mass is 10.1. The molecule has 6 heteroatoms. The molecule has 0 unspecified atom stereocenters. The zero-order chi connectivity index (χ0) is 15.3. The van der Waals surface area contributed by atoms with Gasteiger partial charge in [-0.05, 0) is 36.4 Å². The summed E-state index contributed by atoms with van der Waals surface area (Å²) < 4.78 is 4.56. The van der Waals surface area contributed by atoms with Crippen LogP contribution in [-0.2, 0) is 9.53 Å². The van der Waals surface area contributed by atoms with Gasteiger partial charge in [0.2, 0.25) is 0 Å². The smallest absolute Gasteiger partial charge is 0.330 e. The molecular weight excluding hydrogens is 278 g/mol. The van der Waals surface area contributed by atoms with Crippen LogP contribution in [0, 0.1) is 0 Å². The van der Waals surface area contributed by atoms with Gasteiger partial charge in [0.1, 0.15) is 5.75 Å². The summed E-state index contributed by atoms with van der Waals surface area (Å²) in [5, 5.41) is 9.80. The van der Waals surface area contributed by atoms with Crippen LogP contribution in [0.2, 0.25) is 0 Å². The molecule has 0 radical (unpaired) electrons. The molecule has 0 aliphatic heterocycles. The maximum absolute atomic E-state index is 11.8. The number of rotatable bonds is 3. The normalized spacial score (nSPS) is 11.1. The van der Waals surface area contributed by atoms with Gasteiger partial charge < -0.3 is 14.7 Å². The molecule has 0 heterocycles. The quantitative estimate of drug-likeness (QED) is 0.527. The second-order valence-electron chi connectivity index (χ2n) is 4.26. The standard InChI is InChI=1S/C14H17NO4S/c1-9(8-12(17)19-4)13-10(16)6-5-7-11(13)20-14(18)15(2)3/h5-8,16H,1-4H3. The number of thioether (sulfide) groups is 1. The van der Waals surface area contributed by atoms with Crippen LogP contribution in [0.3, 0.4) is 0 Å². The molecule has 5 nitrogen and oxygen atoms in total. The Labute approximate surface area is 122 Å². The number of carbonyl (C=O) groups excluding carboxylic acids is 2. The van der Waals surface area contributed by atoms with Crippen molar-refractivity contribution in [2.45, 2.75) is 11.8 Å². The Morgan fingerprint density at radius 1 is 1.35 bits per heavy atom. The van der Waals surface area contributed by atoms with Crippen molar-refractivity contribution in [1.29, 1.82) is 0 Å². The molecular formula is C14H17NO4S. The number of hydrogen-bond acceptors (Lipinski definition) is 5. The molecule has 108 valence electrons. The Kier molecular flexibility index (Phi) is 5.64. The largest absolute Gasteiger partial charge is 0.507 e. The van der Waals surface area contributed by atoms with E-state index in [2.05, 4.69) is 4.74 Å². The van der Waals surface area contributed by atoms with Crippen LogP contribution in [-0.4, -0.2) is 42.4 Å². The Morgan fingerprint density at radius 3 is 2.55 bits per heavy atom. The Hall–Kier alpha value is -1.95. The van der Waals surface area contributed by atoms with Gasteiger partial charge in [0.15, 0.2) is 0 Å². The summed E-state index contributed by atoms with van der Waals surface area (Å²) in [6.45, 7) is 1.68. The van der Waals surface area contributed by atoms with Gasteiger partial charge in [0.05, 0.1) is 7.11 Å². The molecule has 1 rings (SSSR count). The molecule has 0 aromatic heterocycles. The Balaban J connectivity index is 3.21. The van der Waals surface area contributed by atoms with Crippen molar-refractivity contribution in [3.8, 4) is 5.75 Å². The fourth-order valence-electron chi connectivity index (χ4n) is 1.49. The van der Waals surface area contributed by atoms with Gasteiger partial charge in [-0.15, -0.1) is 0 Å². The molecule has 1 aromatic carbocycles. The highest BCUT2D eigenvalue weighted by Crippen LogP contribution is 2.35. The first kappa shape index (κ1) is 16.1. The fraction of sp³-hybridized carbons (Fsp3) is 0.286. The molecule has 0 atom stereocenters. The number of phenols is 1. The molecule has 0 aliphatic carbocycles. The van der Waals surface area contributed by atoms with Gasteiger partial charge in [-0.2, -0.15) is 0 Å². The van der Waals surface area contributed by atoms with Gasteiger partial charge in [0, 0.05) is 30.6 Å². The summed E-state index contributed by atoms with van der Waals surface area (Å²) >= 11 is 0.990. The molecule has 0 aliphatic rings. The number of amides is 1. The number of carbonyl (C=O) groups is 2. The van der Waals surface area contributed by atoms with Crippen LogP contribution in [0.25, 0.3) is 5.57 Å². The minimum atomic E-state index is -0.513. The number of aromatic hydroxyl groups is 1. The van der Waals surface area contributed by atoms with E-state index in [-0.39, 0.29) is 11.0 Å². The summed E-state index contributed by atoms with van der Waals surface area (Å²) in [7, 11) is 4.58. The number of ether oxygens (including phenoxy) is 1. The van der Waals surface area contributed by atoms with E-state index in [0.29, 0.717) is 16.0 Å². The highest BCUT2D eigenvalue weighted by Gasteiger charge is 2.15. The zero-order valence-corrected chi connectivity index (χ0v) is 12.7. The van der Waals surface area contributed by atoms with Crippen LogP contribution in [0.4, 0.5) is 4.79 Å². The van der Waals surface area contributed by atoms with Crippen LogP contribution in [0.1, 0.15) is 12.5 Å². The Bertz CT molecular complexity index is 552. The first-order valence-electron chi connectivity index (χ1n) is 5.84. The van der Waals surface area contributed by atoms with E-state index in [0.717, 1.165) is 11.8 Å². The maximum atomic E-state index is 11.8. The molecule has 0 fully saturated rings. The minimum Gasteiger partial charge on any atom is -0.507 e. The predicted octanol–water partition coefficient (Wildman–Crippen LogP) is 2.74. The molecule has 0 spiro atoms. The van der Waals surface area contributed by atoms with Crippen LogP contribution < -0.4 is 0 Å². The Morgan fingerprint density at radius 2 is 2.00 bits per heavy atom. The summed E-state index contributed by atoms with van der Waals surface area (Å²) in [6.07, 6.45) is 1.28. The SMILES string of the molecule is COC(=O)C=C(C)c1c(O)cccc1SC(=O)N(C)C. The summed E-state index contributed by atoms with van der Waals surface area (Å²) in [5.41, 5.74) is 0.988. The van der Waals surface area contributed by atoms with Crippen molar-refractivity contribution >= 4 is 28.5 Å². The number of nitrogens with zero attached hydrogens (tertiary/aromatic N) is 1. The van der Waals surface area contributed by atoms with E-state index >= 15 is 0 Å². The number of benzene rings is 1. The average molecular weight is 295 g/mol. The van der Waals surface area contributed by atoms with Crippen molar-refractivity contribution in [3.63, 3.8) is 0 Å². The van der Waals surface area contributed by atoms with Crippen LogP contribution in [0.5, 0.6) is 5.75 Å². The predicted molar refractivity (Wildman–Crippen MR) is 78.7 cm³/mol. The van der Waals surface area contributed by atoms with Crippen molar-refractivity contribution in [2.24, 2.45) is 0 Å². The number of esters is 1. The van der Waals surface area contributed by atoms with Crippen LogP contribution >= 0.6 is 11.8 Å². The molecule has 0 saturated carbocycles. The minimum absolute atomic E-state index is 0.0132. The number of hydrogen-bond donors (Lipinski definition) is 1. The second-order valence-corrected chi connectivity index (χ2v) is 5.26. The van der Waals surface area contributed by atoms with Crippen molar-refractivity contribution in [3.05, 3.63) is 29.8 Å². The van der Waals surface area contributed by atoms with Gasteiger partial charge in [-0.3, -0.25) is 4.79 Å². The van der Waals surface area contributed by atoms with E-state index in [1.165, 1.54) is 24.2 Å². The van der Waals surface area contributed by atoms with Crippen molar-refractivity contribution < 1.29 is 19.4 Å². The third-order valence-corrected chi connectivity index (χ3v) is 3.60. The van der Waals surface area contributed by atoms with Crippen molar-refractivity contribution in [2.75, 3.05) is 21.2 Å². The van der Waals surface area contributed by atoms with E-state index in [1.54, 1.807) is 33.2 Å². The highest BCUT2D eigenvalue weighted by molar-refractivity contribution is 8.13. The third kappa shape index (κ3) is 4.03. The van der Waals surface area contributed by atoms with Gasteiger partial charge in [-0.25, -0.2) is 4.79 Å². The topological polar surface area (TPSA) is 66.8 Å². The molecule has 0 saturated heterocycles.